The van der Waals surface area contributed by atoms with Crippen LogP contribution in [0.25, 0.3) is 0 Å². The van der Waals surface area contributed by atoms with Crippen molar-refractivity contribution in [3.63, 3.8) is 0 Å². The number of hydrogen-bond acceptors (Lipinski definition) is 4. The Bertz CT molecular complexity index is 436. The highest BCUT2D eigenvalue weighted by atomic mass is 16.6. The molecule has 0 radical (unpaired) electrons. The minimum atomic E-state index is -0.441. The largest absolute Gasteiger partial charge is 0.423 e. The molecule has 1 aromatic carbocycles. The number of esters is 2. The lowest BCUT2D eigenvalue weighted by Crippen LogP contribution is -2.14. The minimum absolute atomic E-state index is 0.271. The zero-order chi connectivity index (χ0) is 14.3. The van der Waals surface area contributed by atoms with Crippen molar-refractivity contribution in [2.75, 3.05) is 0 Å². The van der Waals surface area contributed by atoms with Crippen LogP contribution in [0.15, 0.2) is 24.3 Å². The van der Waals surface area contributed by atoms with E-state index in [4.69, 9.17) is 9.47 Å². The van der Waals surface area contributed by atoms with E-state index in [-0.39, 0.29) is 17.5 Å². The predicted octanol–water partition coefficient (Wildman–Crippen LogP) is 3.34. The molecule has 0 aliphatic rings. The first-order valence-electron chi connectivity index (χ1n) is 6.54. The summed E-state index contributed by atoms with van der Waals surface area (Å²) in [5.74, 6) is 0.145. The molecule has 0 heterocycles. The molecule has 1 aromatic rings. The molecule has 0 saturated heterocycles. The van der Waals surface area contributed by atoms with Gasteiger partial charge in [0.05, 0.1) is 0 Å². The van der Waals surface area contributed by atoms with E-state index in [1.807, 2.05) is 13.8 Å². The van der Waals surface area contributed by atoms with Crippen LogP contribution in [-0.4, -0.2) is 11.9 Å². The summed E-state index contributed by atoms with van der Waals surface area (Å²) < 4.78 is 10.3. The Morgan fingerprint density at radius 2 is 1.58 bits per heavy atom. The zero-order valence-corrected chi connectivity index (χ0v) is 11.6. The van der Waals surface area contributed by atoms with Gasteiger partial charge in [-0.15, -0.1) is 0 Å². The molecule has 1 rings (SSSR count). The molecule has 0 fully saturated rings. The van der Waals surface area contributed by atoms with Gasteiger partial charge in [-0.05, 0) is 18.1 Å². The zero-order valence-electron chi connectivity index (χ0n) is 11.6. The van der Waals surface area contributed by atoms with Gasteiger partial charge in [0.15, 0.2) is 11.5 Å². The predicted molar refractivity (Wildman–Crippen MR) is 72.1 cm³/mol. The highest BCUT2D eigenvalue weighted by Crippen LogP contribution is 2.27. The summed E-state index contributed by atoms with van der Waals surface area (Å²) in [4.78, 5) is 22.8. The first-order chi connectivity index (χ1) is 9.06. The van der Waals surface area contributed by atoms with E-state index in [0.717, 1.165) is 12.8 Å². The summed E-state index contributed by atoms with van der Waals surface area (Å²) in [6, 6.07) is 6.66. The third-order valence-electron chi connectivity index (χ3n) is 2.94. The Morgan fingerprint density at radius 1 is 1.05 bits per heavy atom. The van der Waals surface area contributed by atoms with Gasteiger partial charge in [-0.3, -0.25) is 9.59 Å². The maximum absolute atomic E-state index is 11.8. The summed E-state index contributed by atoms with van der Waals surface area (Å²) in [6.45, 7) is 5.41. The van der Waals surface area contributed by atoms with Gasteiger partial charge in [0, 0.05) is 13.3 Å². The van der Waals surface area contributed by atoms with E-state index in [0.29, 0.717) is 12.3 Å². The van der Waals surface area contributed by atoms with Gasteiger partial charge >= 0.3 is 11.9 Å². The van der Waals surface area contributed by atoms with Gasteiger partial charge in [-0.1, -0.05) is 38.8 Å². The highest BCUT2D eigenvalue weighted by molar-refractivity contribution is 5.75. The molecular weight excluding hydrogens is 244 g/mol. The number of rotatable bonds is 6. The van der Waals surface area contributed by atoms with Crippen LogP contribution in [0.5, 0.6) is 11.5 Å². The summed E-state index contributed by atoms with van der Waals surface area (Å²) in [5.41, 5.74) is 0. The van der Waals surface area contributed by atoms with Crippen LogP contribution in [0.3, 0.4) is 0 Å². The van der Waals surface area contributed by atoms with Crippen LogP contribution in [-0.2, 0) is 9.59 Å². The standard InChI is InChI=1S/C15H20O4/c1-4-12(5-2)10-15(17)19-14-9-7-6-8-13(14)18-11(3)16/h6-9,12H,4-5,10H2,1-3H3. The van der Waals surface area contributed by atoms with Crippen LogP contribution in [0.1, 0.15) is 40.0 Å². The summed E-state index contributed by atoms with van der Waals surface area (Å²) in [6.07, 6.45) is 2.26. The molecule has 0 unspecified atom stereocenters. The van der Waals surface area contributed by atoms with E-state index in [9.17, 15) is 9.59 Å². The lowest BCUT2D eigenvalue weighted by atomic mass is 10.00. The van der Waals surface area contributed by atoms with Crippen LogP contribution in [0, 0.1) is 5.92 Å². The Morgan fingerprint density at radius 3 is 2.05 bits per heavy atom. The maximum Gasteiger partial charge on any atom is 0.311 e. The Hall–Kier alpha value is -1.84. The lowest BCUT2D eigenvalue weighted by Gasteiger charge is -2.13. The van der Waals surface area contributed by atoms with Crippen molar-refractivity contribution in [1.29, 1.82) is 0 Å². The topological polar surface area (TPSA) is 52.6 Å². The molecule has 0 atom stereocenters. The van der Waals surface area contributed by atoms with E-state index in [1.165, 1.54) is 6.92 Å². The second kappa shape index (κ2) is 7.56. The molecule has 0 N–H and O–H groups in total. The van der Waals surface area contributed by atoms with Crippen molar-refractivity contribution in [1.82, 2.24) is 0 Å². The number of benzene rings is 1. The monoisotopic (exact) mass is 264 g/mol. The summed E-state index contributed by atoms with van der Waals surface area (Å²) in [7, 11) is 0. The molecule has 4 nitrogen and oxygen atoms in total. The van der Waals surface area contributed by atoms with Gasteiger partial charge < -0.3 is 9.47 Å². The van der Waals surface area contributed by atoms with Crippen molar-refractivity contribution in [2.24, 2.45) is 5.92 Å². The fourth-order valence-electron chi connectivity index (χ4n) is 1.75. The number of ether oxygens (including phenoxy) is 2. The van der Waals surface area contributed by atoms with Crippen LogP contribution in [0.2, 0.25) is 0 Å². The average Bonchev–Trinajstić information content (AvgIpc) is 2.37. The van der Waals surface area contributed by atoms with Crippen LogP contribution < -0.4 is 9.47 Å². The number of carbonyl (C=O) groups is 2. The first kappa shape index (κ1) is 15.2. The van der Waals surface area contributed by atoms with Crippen molar-refractivity contribution in [3.8, 4) is 11.5 Å². The van der Waals surface area contributed by atoms with Gasteiger partial charge in [0.25, 0.3) is 0 Å². The molecule has 0 aromatic heterocycles. The van der Waals surface area contributed by atoms with E-state index >= 15 is 0 Å². The number of hydrogen-bond donors (Lipinski definition) is 0. The normalized spacial score (nSPS) is 10.3. The van der Waals surface area contributed by atoms with Gasteiger partial charge in [0.2, 0.25) is 0 Å². The minimum Gasteiger partial charge on any atom is -0.423 e. The van der Waals surface area contributed by atoms with Crippen LogP contribution in [0.4, 0.5) is 0 Å². The number of carbonyl (C=O) groups excluding carboxylic acids is 2. The molecule has 0 bridgehead atoms. The maximum atomic E-state index is 11.8. The average molecular weight is 264 g/mol. The van der Waals surface area contributed by atoms with Crippen molar-refractivity contribution < 1.29 is 19.1 Å². The fraction of sp³-hybridized carbons (Fsp3) is 0.467. The lowest BCUT2D eigenvalue weighted by molar-refractivity contribution is -0.137. The fourth-order valence-corrected chi connectivity index (χ4v) is 1.75. The summed E-state index contributed by atoms with van der Waals surface area (Å²) in [5, 5.41) is 0. The molecule has 0 aliphatic heterocycles. The number of para-hydroxylation sites is 2. The highest BCUT2D eigenvalue weighted by Gasteiger charge is 2.15. The smallest absolute Gasteiger partial charge is 0.311 e. The molecule has 19 heavy (non-hydrogen) atoms. The molecule has 104 valence electrons. The van der Waals surface area contributed by atoms with Gasteiger partial charge in [-0.2, -0.15) is 0 Å². The first-order valence-corrected chi connectivity index (χ1v) is 6.54. The Kier molecular flexibility index (Phi) is 6.06. The van der Waals surface area contributed by atoms with Gasteiger partial charge in [-0.25, -0.2) is 0 Å². The molecule has 0 amide bonds. The third kappa shape index (κ3) is 5.12. The molecule has 0 spiro atoms. The van der Waals surface area contributed by atoms with Gasteiger partial charge in [0.1, 0.15) is 0 Å². The molecule has 0 saturated carbocycles. The molecule has 4 heteroatoms. The van der Waals surface area contributed by atoms with Crippen LogP contribution >= 0.6 is 0 Å². The summed E-state index contributed by atoms with van der Waals surface area (Å²) >= 11 is 0. The van der Waals surface area contributed by atoms with Crippen molar-refractivity contribution in [2.45, 2.75) is 40.0 Å². The second-order valence-electron chi connectivity index (χ2n) is 4.40. The Labute approximate surface area is 113 Å². The molecule has 0 aliphatic carbocycles. The Balaban J connectivity index is 2.70. The SMILES string of the molecule is CCC(CC)CC(=O)Oc1ccccc1OC(C)=O. The van der Waals surface area contributed by atoms with E-state index in [1.54, 1.807) is 24.3 Å². The molecular formula is C15H20O4. The second-order valence-corrected chi connectivity index (χ2v) is 4.40. The van der Waals surface area contributed by atoms with E-state index in [2.05, 4.69) is 0 Å². The quantitative estimate of drug-likeness (QED) is 0.584. The third-order valence-corrected chi connectivity index (χ3v) is 2.94. The van der Waals surface area contributed by atoms with Crippen molar-refractivity contribution >= 4 is 11.9 Å². The van der Waals surface area contributed by atoms with E-state index < -0.39 is 5.97 Å². The van der Waals surface area contributed by atoms with Crippen molar-refractivity contribution in [3.05, 3.63) is 24.3 Å².